The normalized spacial score (nSPS) is 13.5. The van der Waals surface area contributed by atoms with Crippen LogP contribution in [-0.4, -0.2) is 58.7 Å². The molecule has 0 saturated heterocycles. The molecule has 1 unspecified atom stereocenters. The van der Waals surface area contributed by atoms with Gasteiger partial charge in [0.15, 0.2) is 0 Å². The maximum absolute atomic E-state index is 12.2. The predicted octanol–water partition coefficient (Wildman–Crippen LogP) is 1.32. The minimum absolute atomic E-state index is 0.0520. The summed E-state index contributed by atoms with van der Waals surface area (Å²) < 4.78 is 10.5. The summed E-state index contributed by atoms with van der Waals surface area (Å²) in [7, 11) is 0. The number of hydrogen-bond acceptors (Lipinski definition) is 9. The van der Waals surface area contributed by atoms with Gasteiger partial charge < -0.3 is 35.6 Å². The van der Waals surface area contributed by atoms with E-state index < -0.39 is 42.6 Å². The standard InChI is InChI=1S/C24H29NO8/c1-23(12-25,13-26)21(30)32-19-7-5-16(6-8-19)3-4-17-9-18(29)11-20(10-17)33-22(31)24(2,14-27)15-28/h3-11,26-29H,12-15,25H2,1-2H3/b4-3+. The Morgan fingerprint density at radius 2 is 1.33 bits per heavy atom. The lowest BCUT2D eigenvalue weighted by molar-refractivity contribution is -0.150. The van der Waals surface area contributed by atoms with Crippen LogP contribution in [0.1, 0.15) is 25.0 Å². The van der Waals surface area contributed by atoms with Crippen molar-refractivity contribution in [2.75, 3.05) is 26.4 Å². The van der Waals surface area contributed by atoms with Gasteiger partial charge in [-0.25, -0.2) is 0 Å². The Morgan fingerprint density at radius 3 is 1.88 bits per heavy atom. The number of carbonyl (C=O) groups excluding carboxylic acids is 2. The highest BCUT2D eigenvalue weighted by Gasteiger charge is 2.34. The van der Waals surface area contributed by atoms with Crippen LogP contribution in [0.2, 0.25) is 0 Å². The van der Waals surface area contributed by atoms with Crippen molar-refractivity contribution in [3.05, 3.63) is 53.6 Å². The first-order chi connectivity index (χ1) is 15.6. The highest BCUT2D eigenvalue weighted by Crippen LogP contribution is 2.27. The van der Waals surface area contributed by atoms with E-state index >= 15 is 0 Å². The number of phenols is 1. The van der Waals surface area contributed by atoms with Gasteiger partial charge >= 0.3 is 11.9 Å². The lowest BCUT2D eigenvalue weighted by Gasteiger charge is -2.22. The topological polar surface area (TPSA) is 160 Å². The van der Waals surface area contributed by atoms with E-state index in [0.29, 0.717) is 11.3 Å². The van der Waals surface area contributed by atoms with Crippen molar-refractivity contribution < 1.29 is 39.5 Å². The van der Waals surface area contributed by atoms with Gasteiger partial charge in [-0.15, -0.1) is 0 Å². The first-order valence-corrected chi connectivity index (χ1v) is 10.2. The fourth-order valence-corrected chi connectivity index (χ4v) is 2.45. The number of carbonyl (C=O) groups is 2. The summed E-state index contributed by atoms with van der Waals surface area (Å²) in [6.07, 6.45) is 3.40. The number of esters is 2. The van der Waals surface area contributed by atoms with E-state index in [1.807, 2.05) is 0 Å². The molecular weight excluding hydrogens is 430 g/mol. The Morgan fingerprint density at radius 1 is 0.818 bits per heavy atom. The van der Waals surface area contributed by atoms with E-state index in [1.54, 1.807) is 36.4 Å². The molecule has 0 bridgehead atoms. The molecule has 0 aromatic heterocycles. The monoisotopic (exact) mass is 459 g/mol. The number of rotatable bonds is 10. The first kappa shape index (κ1) is 26.0. The van der Waals surface area contributed by atoms with Crippen molar-refractivity contribution in [2.24, 2.45) is 16.6 Å². The number of aromatic hydroxyl groups is 1. The fourth-order valence-electron chi connectivity index (χ4n) is 2.45. The minimum atomic E-state index is -1.47. The summed E-state index contributed by atoms with van der Waals surface area (Å²) in [6, 6.07) is 10.8. The number of benzene rings is 2. The number of nitrogens with two attached hydrogens (primary N) is 1. The molecule has 0 fully saturated rings. The largest absolute Gasteiger partial charge is 0.508 e. The molecule has 33 heavy (non-hydrogen) atoms. The number of ether oxygens (including phenoxy) is 2. The van der Waals surface area contributed by atoms with Crippen molar-refractivity contribution in [3.8, 4) is 17.2 Å². The van der Waals surface area contributed by atoms with Crippen LogP contribution < -0.4 is 15.2 Å². The van der Waals surface area contributed by atoms with E-state index in [2.05, 4.69) is 0 Å². The zero-order valence-corrected chi connectivity index (χ0v) is 18.5. The van der Waals surface area contributed by atoms with Gasteiger partial charge in [-0.2, -0.15) is 0 Å². The molecule has 0 saturated carbocycles. The van der Waals surface area contributed by atoms with Crippen LogP contribution in [0.15, 0.2) is 42.5 Å². The molecule has 0 radical (unpaired) electrons. The van der Waals surface area contributed by atoms with Crippen LogP contribution >= 0.6 is 0 Å². The Kier molecular flexibility index (Phi) is 8.72. The molecule has 0 aliphatic heterocycles. The second-order valence-electron chi connectivity index (χ2n) is 8.24. The second kappa shape index (κ2) is 11.1. The van der Waals surface area contributed by atoms with Gasteiger partial charge in [-0.1, -0.05) is 24.3 Å². The highest BCUT2D eigenvalue weighted by molar-refractivity contribution is 5.80. The number of phenolic OH excluding ortho intramolecular Hbond substituents is 1. The van der Waals surface area contributed by atoms with Crippen molar-refractivity contribution in [3.63, 3.8) is 0 Å². The molecule has 0 spiro atoms. The van der Waals surface area contributed by atoms with Crippen molar-refractivity contribution in [1.29, 1.82) is 0 Å². The molecule has 2 aromatic carbocycles. The summed E-state index contributed by atoms with van der Waals surface area (Å²) in [5.74, 6) is -1.24. The maximum atomic E-state index is 12.2. The Labute approximate surface area is 191 Å². The van der Waals surface area contributed by atoms with Gasteiger partial charge in [0.05, 0.1) is 19.8 Å². The molecule has 178 valence electrons. The quantitative estimate of drug-likeness (QED) is 0.201. The zero-order valence-electron chi connectivity index (χ0n) is 18.5. The third-order valence-corrected chi connectivity index (χ3v) is 5.17. The molecule has 0 heterocycles. The number of hydrogen-bond donors (Lipinski definition) is 5. The van der Waals surface area contributed by atoms with Gasteiger partial charge in [0.1, 0.15) is 28.1 Å². The van der Waals surface area contributed by atoms with E-state index in [0.717, 1.165) is 5.56 Å². The van der Waals surface area contributed by atoms with Gasteiger partial charge in [0, 0.05) is 12.6 Å². The van der Waals surface area contributed by atoms with Crippen LogP contribution in [-0.2, 0) is 9.59 Å². The predicted molar refractivity (Wildman–Crippen MR) is 121 cm³/mol. The summed E-state index contributed by atoms with van der Waals surface area (Å²) in [6.45, 7) is 1.21. The highest BCUT2D eigenvalue weighted by atomic mass is 16.5. The average Bonchev–Trinajstić information content (AvgIpc) is 2.82. The van der Waals surface area contributed by atoms with Gasteiger partial charge in [0.25, 0.3) is 0 Å². The Hall–Kier alpha value is -3.24. The molecule has 0 aliphatic rings. The lowest BCUT2D eigenvalue weighted by Crippen LogP contribution is -2.41. The van der Waals surface area contributed by atoms with Crippen LogP contribution in [0.4, 0.5) is 0 Å². The van der Waals surface area contributed by atoms with Crippen molar-refractivity contribution in [1.82, 2.24) is 0 Å². The number of aliphatic hydroxyl groups is 3. The summed E-state index contributed by atoms with van der Waals surface area (Å²) in [5, 5.41) is 37.9. The van der Waals surface area contributed by atoms with Gasteiger partial charge in [-0.05, 0) is 49.2 Å². The molecule has 0 aliphatic carbocycles. The molecular formula is C24H29NO8. The summed E-state index contributed by atoms with van der Waals surface area (Å²) >= 11 is 0. The Balaban J connectivity index is 2.12. The van der Waals surface area contributed by atoms with E-state index in [4.69, 9.17) is 15.2 Å². The smallest absolute Gasteiger partial charge is 0.321 e. The van der Waals surface area contributed by atoms with Crippen LogP contribution in [0.3, 0.4) is 0 Å². The van der Waals surface area contributed by atoms with Crippen LogP contribution in [0.5, 0.6) is 17.2 Å². The van der Waals surface area contributed by atoms with Crippen molar-refractivity contribution >= 4 is 24.1 Å². The molecule has 9 heteroatoms. The molecule has 6 N–H and O–H groups in total. The van der Waals surface area contributed by atoms with Crippen molar-refractivity contribution in [2.45, 2.75) is 13.8 Å². The summed E-state index contributed by atoms with van der Waals surface area (Å²) in [5.41, 5.74) is 4.18. The SMILES string of the molecule is CC(CN)(CO)C(=O)Oc1ccc(/C=C/c2cc(O)cc(OC(=O)C(C)(CO)CO)c2)cc1. The minimum Gasteiger partial charge on any atom is -0.508 e. The van der Waals surface area contributed by atoms with E-state index in [9.17, 15) is 30.0 Å². The summed E-state index contributed by atoms with van der Waals surface area (Å²) in [4.78, 5) is 24.4. The molecule has 1 atom stereocenters. The lowest BCUT2D eigenvalue weighted by atomic mass is 9.92. The van der Waals surface area contributed by atoms with Crippen LogP contribution in [0.25, 0.3) is 12.2 Å². The molecule has 0 amide bonds. The third-order valence-electron chi connectivity index (χ3n) is 5.17. The molecule has 9 nitrogen and oxygen atoms in total. The fraction of sp³-hybridized carbons (Fsp3) is 0.333. The van der Waals surface area contributed by atoms with Crippen LogP contribution in [0, 0.1) is 10.8 Å². The first-order valence-electron chi connectivity index (χ1n) is 10.2. The third kappa shape index (κ3) is 6.62. The molecule has 2 aromatic rings. The van der Waals surface area contributed by atoms with E-state index in [-0.39, 0.29) is 18.0 Å². The molecule has 2 rings (SSSR count). The zero-order chi connectivity index (χ0) is 24.6. The van der Waals surface area contributed by atoms with Gasteiger partial charge in [0.2, 0.25) is 0 Å². The van der Waals surface area contributed by atoms with Gasteiger partial charge in [-0.3, -0.25) is 9.59 Å². The average molecular weight is 459 g/mol. The Bertz CT molecular complexity index is 992. The number of aliphatic hydroxyl groups excluding tert-OH is 3. The van der Waals surface area contributed by atoms with E-state index in [1.165, 1.54) is 32.0 Å². The second-order valence-corrected chi connectivity index (χ2v) is 8.24. The maximum Gasteiger partial charge on any atom is 0.321 e.